The molecule has 2 rings (SSSR count). The van der Waals surface area contributed by atoms with E-state index in [1.165, 1.54) is 18.5 Å². The Morgan fingerprint density at radius 1 is 1.48 bits per heavy atom. The summed E-state index contributed by atoms with van der Waals surface area (Å²) < 4.78 is 0. The summed E-state index contributed by atoms with van der Waals surface area (Å²) in [6.45, 7) is 1.90. The minimum Gasteiger partial charge on any atom is -0.478 e. The minimum atomic E-state index is -1.03. The van der Waals surface area contributed by atoms with E-state index < -0.39 is 5.97 Å². The van der Waals surface area contributed by atoms with Crippen molar-refractivity contribution < 1.29 is 14.7 Å². The van der Waals surface area contributed by atoms with Crippen molar-refractivity contribution in [1.29, 1.82) is 0 Å². The average molecular weight is 289 g/mol. The van der Waals surface area contributed by atoms with Crippen LogP contribution in [0, 0.1) is 0 Å². The van der Waals surface area contributed by atoms with Gasteiger partial charge in [0.2, 0.25) is 0 Å². The summed E-state index contributed by atoms with van der Waals surface area (Å²) in [4.78, 5) is 28.9. The van der Waals surface area contributed by atoms with Gasteiger partial charge >= 0.3 is 5.97 Å². The highest BCUT2D eigenvalue weighted by Crippen LogP contribution is 2.10. The van der Waals surface area contributed by atoms with Crippen LogP contribution in [0.15, 0.2) is 24.5 Å². The number of hydrogen-bond acceptors (Lipinski definition) is 4. The average Bonchev–Trinajstić information content (AvgIpc) is 2.45. The first-order valence-corrected chi connectivity index (χ1v) is 6.90. The number of rotatable bonds is 4. The van der Waals surface area contributed by atoms with Gasteiger partial charge < -0.3 is 15.3 Å². The van der Waals surface area contributed by atoms with E-state index in [2.05, 4.69) is 15.2 Å². The highest BCUT2D eigenvalue weighted by atomic mass is 16.4. The van der Waals surface area contributed by atoms with Crippen LogP contribution in [0.4, 0.5) is 0 Å². The van der Waals surface area contributed by atoms with Gasteiger partial charge in [0.15, 0.2) is 0 Å². The predicted molar refractivity (Wildman–Crippen MR) is 78.9 cm³/mol. The van der Waals surface area contributed by atoms with Crippen molar-refractivity contribution in [1.82, 2.24) is 15.2 Å². The van der Waals surface area contributed by atoms with E-state index in [1.807, 2.05) is 7.05 Å². The topological polar surface area (TPSA) is 82.5 Å². The number of carbonyl (C=O) groups excluding carboxylic acids is 1. The fraction of sp³-hybridized carbons (Fsp3) is 0.400. The fourth-order valence-electron chi connectivity index (χ4n) is 2.39. The van der Waals surface area contributed by atoms with Gasteiger partial charge in [-0.15, -0.1) is 0 Å². The van der Waals surface area contributed by atoms with Gasteiger partial charge in [-0.05, 0) is 44.1 Å². The van der Waals surface area contributed by atoms with Gasteiger partial charge in [-0.3, -0.25) is 9.78 Å². The van der Waals surface area contributed by atoms with E-state index in [-0.39, 0.29) is 11.9 Å². The SMILES string of the molecule is CN1CCCC(NC(=O)c2cncc(C=CC(=O)O)c2)C1. The Labute approximate surface area is 123 Å². The maximum absolute atomic E-state index is 12.2. The number of carbonyl (C=O) groups is 2. The molecule has 0 aromatic carbocycles. The van der Waals surface area contributed by atoms with Crippen molar-refractivity contribution in [3.63, 3.8) is 0 Å². The zero-order valence-electron chi connectivity index (χ0n) is 12.0. The molecule has 0 radical (unpaired) electrons. The third-order valence-corrected chi connectivity index (χ3v) is 3.40. The van der Waals surface area contributed by atoms with E-state index in [9.17, 15) is 9.59 Å². The lowest BCUT2D eigenvalue weighted by Gasteiger charge is -2.30. The Kier molecular flexibility index (Phi) is 5.05. The smallest absolute Gasteiger partial charge is 0.328 e. The van der Waals surface area contributed by atoms with Crippen LogP contribution in [-0.4, -0.2) is 53.0 Å². The van der Waals surface area contributed by atoms with Gasteiger partial charge in [-0.2, -0.15) is 0 Å². The molecule has 1 aliphatic heterocycles. The third-order valence-electron chi connectivity index (χ3n) is 3.40. The number of amides is 1. The van der Waals surface area contributed by atoms with Crippen molar-refractivity contribution in [2.75, 3.05) is 20.1 Å². The van der Waals surface area contributed by atoms with Crippen LogP contribution in [0.2, 0.25) is 0 Å². The van der Waals surface area contributed by atoms with Crippen molar-refractivity contribution in [2.24, 2.45) is 0 Å². The molecule has 1 amide bonds. The second-order valence-corrected chi connectivity index (χ2v) is 5.25. The van der Waals surface area contributed by atoms with Gasteiger partial charge in [-0.1, -0.05) is 0 Å². The number of carboxylic acids is 1. The molecular weight excluding hydrogens is 270 g/mol. The third kappa shape index (κ3) is 4.68. The zero-order chi connectivity index (χ0) is 15.2. The van der Waals surface area contributed by atoms with Crippen molar-refractivity contribution in [2.45, 2.75) is 18.9 Å². The molecule has 1 atom stereocenters. The second-order valence-electron chi connectivity index (χ2n) is 5.25. The van der Waals surface area contributed by atoms with Gasteiger partial charge in [0.05, 0.1) is 5.56 Å². The van der Waals surface area contributed by atoms with Crippen LogP contribution in [0.5, 0.6) is 0 Å². The number of piperidine rings is 1. The summed E-state index contributed by atoms with van der Waals surface area (Å²) >= 11 is 0. The lowest BCUT2D eigenvalue weighted by molar-refractivity contribution is -0.131. The maximum atomic E-state index is 12.2. The number of aromatic nitrogens is 1. The molecule has 0 spiro atoms. The van der Waals surface area contributed by atoms with Crippen LogP contribution in [-0.2, 0) is 4.79 Å². The first kappa shape index (κ1) is 15.2. The number of carboxylic acid groups (broad SMARTS) is 1. The molecule has 21 heavy (non-hydrogen) atoms. The molecule has 1 aromatic heterocycles. The van der Waals surface area contributed by atoms with E-state index >= 15 is 0 Å². The molecule has 2 N–H and O–H groups in total. The molecule has 0 aliphatic carbocycles. The Morgan fingerprint density at radius 2 is 2.29 bits per heavy atom. The lowest BCUT2D eigenvalue weighted by atomic mass is 10.1. The van der Waals surface area contributed by atoms with Crippen LogP contribution in [0.3, 0.4) is 0 Å². The summed E-state index contributed by atoms with van der Waals surface area (Å²) in [5.74, 6) is -1.21. The maximum Gasteiger partial charge on any atom is 0.328 e. The Morgan fingerprint density at radius 3 is 3.00 bits per heavy atom. The summed E-state index contributed by atoms with van der Waals surface area (Å²) in [5.41, 5.74) is 1.03. The second kappa shape index (κ2) is 6.99. The number of likely N-dealkylation sites (N-methyl/N-ethyl adjacent to an activating group) is 1. The van der Waals surface area contributed by atoms with Gasteiger partial charge in [0.25, 0.3) is 5.91 Å². The van der Waals surface area contributed by atoms with Crippen LogP contribution >= 0.6 is 0 Å². The number of hydrogen-bond donors (Lipinski definition) is 2. The Hall–Kier alpha value is -2.21. The number of pyridine rings is 1. The lowest BCUT2D eigenvalue weighted by Crippen LogP contribution is -2.46. The summed E-state index contributed by atoms with van der Waals surface area (Å²) in [5, 5.41) is 11.6. The van der Waals surface area contributed by atoms with Crippen molar-refractivity contribution in [3.8, 4) is 0 Å². The molecule has 112 valence electrons. The predicted octanol–water partition coefficient (Wildman–Crippen LogP) is 1.00. The fourth-order valence-corrected chi connectivity index (χ4v) is 2.39. The number of nitrogens with one attached hydrogen (secondary N) is 1. The van der Waals surface area contributed by atoms with Gasteiger partial charge in [0.1, 0.15) is 0 Å². The van der Waals surface area contributed by atoms with Crippen molar-refractivity contribution in [3.05, 3.63) is 35.7 Å². The molecule has 6 heteroatoms. The highest BCUT2D eigenvalue weighted by molar-refractivity contribution is 5.95. The molecule has 0 bridgehead atoms. The quantitative estimate of drug-likeness (QED) is 0.808. The molecular formula is C15H19N3O3. The molecule has 0 saturated carbocycles. The van der Waals surface area contributed by atoms with Gasteiger partial charge in [-0.25, -0.2) is 4.79 Å². The van der Waals surface area contributed by atoms with Crippen LogP contribution in [0.1, 0.15) is 28.8 Å². The molecule has 1 unspecified atom stereocenters. The largest absolute Gasteiger partial charge is 0.478 e. The first-order valence-electron chi connectivity index (χ1n) is 6.90. The summed E-state index contributed by atoms with van der Waals surface area (Å²) in [6.07, 6.45) is 7.49. The van der Waals surface area contributed by atoms with E-state index in [0.717, 1.165) is 32.0 Å². The molecule has 1 fully saturated rings. The normalized spacial score (nSPS) is 19.6. The summed E-state index contributed by atoms with van der Waals surface area (Å²) in [7, 11) is 2.04. The Bertz CT molecular complexity index is 557. The molecule has 6 nitrogen and oxygen atoms in total. The molecule has 2 heterocycles. The molecule has 1 saturated heterocycles. The monoisotopic (exact) mass is 289 g/mol. The number of likely N-dealkylation sites (tertiary alicyclic amines) is 1. The van der Waals surface area contributed by atoms with E-state index in [1.54, 1.807) is 6.07 Å². The zero-order valence-corrected chi connectivity index (χ0v) is 12.0. The number of aliphatic carboxylic acids is 1. The summed E-state index contributed by atoms with van der Waals surface area (Å²) in [6, 6.07) is 1.78. The first-order chi connectivity index (χ1) is 10.0. The van der Waals surface area contributed by atoms with Gasteiger partial charge in [0, 0.05) is 31.1 Å². The van der Waals surface area contributed by atoms with E-state index in [4.69, 9.17) is 5.11 Å². The minimum absolute atomic E-state index is 0.148. The highest BCUT2D eigenvalue weighted by Gasteiger charge is 2.19. The standard InChI is InChI=1S/C15H19N3O3/c1-18-6-2-3-13(10-18)17-15(21)12-7-11(8-16-9-12)4-5-14(19)20/h4-5,7-9,13H,2-3,6,10H2,1H3,(H,17,21)(H,19,20). The molecule has 1 aromatic rings. The number of nitrogens with zero attached hydrogens (tertiary/aromatic N) is 2. The van der Waals surface area contributed by atoms with E-state index in [0.29, 0.717) is 11.1 Å². The Balaban J connectivity index is 2.02. The van der Waals surface area contributed by atoms with Crippen LogP contribution in [0.25, 0.3) is 6.08 Å². The van der Waals surface area contributed by atoms with Crippen molar-refractivity contribution >= 4 is 18.0 Å². The molecule has 1 aliphatic rings. The van der Waals surface area contributed by atoms with Crippen LogP contribution < -0.4 is 5.32 Å².